The molecule has 0 aromatic heterocycles. The van der Waals surface area contributed by atoms with Crippen LogP contribution in [0.3, 0.4) is 0 Å². The molecule has 1 unspecified atom stereocenters. The molecule has 28 heavy (non-hydrogen) atoms. The summed E-state index contributed by atoms with van der Waals surface area (Å²) in [5.74, 6) is 0.530. The summed E-state index contributed by atoms with van der Waals surface area (Å²) in [5, 5.41) is 2.69. The number of carbonyl (C=O) groups is 1. The van der Waals surface area contributed by atoms with Gasteiger partial charge in [-0.2, -0.15) is 0 Å². The Morgan fingerprint density at radius 1 is 1.04 bits per heavy atom. The van der Waals surface area contributed by atoms with Crippen LogP contribution in [-0.4, -0.2) is 33.6 Å². The molecule has 0 fully saturated rings. The first kappa shape index (κ1) is 21.7. The second-order valence-corrected chi connectivity index (χ2v) is 8.37. The van der Waals surface area contributed by atoms with Crippen molar-refractivity contribution in [3.63, 3.8) is 0 Å². The first-order valence-corrected chi connectivity index (χ1v) is 10.4. The summed E-state index contributed by atoms with van der Waals surface area (Å²) in [6, 6.07) is 11.4. The van der Waals surface area contributed by atoms with Gasteiger partial charge in [0.1, 0.15) is 11.5 Å². The Morgan fingerprint density at radius 2 is 1.71 bits per heavy atom. The van der Waals surface area contributed by atoms with Gasteiger partial charge < -0.3 is 14.8 Å². The largest absolute Gasteiger partial charge is 0.495 e. The molecule has 2 aromatic rings. The van der Waals surface area contributed by atoms with Crippen LogP contribution in [0.15, 0.2) is 47.4 Å². The first-order chi connectivity index (χ1) is 13.1. The third kappa shape index (κ3) is 5.46. The Hall–Kier alpha value is -2.58. The third-order valence-corrected chi connectivity index (χ3v) is 5.55. The highest BCUT2D eigenvalue weighted by molar-refractivity contribution is 7.89. The molecule has 0 aliphatic rings. The minimum absolute atomic E-state index is 0.0322. The molecule has 2 N–H and O–H groups in total. The Balaban J connectivity index is 2.22. The van der Waals surface area contributed by atoms with Crippen LogP contribution in [0.1, 0.15) is 26.3 Å². The summed E-state index contributed by atoms with van der Waals surface area (Å²) >= 11 is 0. The number of hydrogen-bond donors (Lipinski definition) is 2. The molecule has 0 saturated carbocycles. The normalized spacial score (nSPS) is 12.5. The van der Waals surface area contributed by atoms with Crippen molar-refractivity contribution in [2.45, 2.75) is 44.7 Å². The maximum atomic E-state index is 12.6. The summed E-state index contributed by atoms with van der Waals surface area (Å²) in [6.45, 7) is 6.97. The van der Waals surface area contributed by atoms with Gasteiger partial charge in [-0.3, -0.25) is 4.79 Å². The molecule has 7 nitrogen and oxygen atoms in total. The van der Waals surface area contributed by atoms with Gasteiger partial charge in [-0.15, -0.1) is 0 Å². The molecular formula is C20H26N2O5S. The van der Waals surface area contributed by atoms with Gasteiger partial charge in [0.05, 0.1) is 17.7 Å². The highest BCUT2D eigenvalue weighted by Gasteiger charge is 2.21. The van der Waals surface area contributed by atoms with Crippen LogP contribution in [0.5, 0.6) is 11.5 Å². The monoisotopic (exact) mass is 406 g/mol. The van der Waals surface area contributed by atoms with Crippen LogP contribution in [-0.2, 0) is 14.8 Å². The lowest BCUT2D eigenvalue weighted by Crippen LogP contribution is -2.31. The van der Waals surface area contributed by atoms with Crippen LogP contribution in [0.25, 0.3) is 0 Å². The Morgan fingerprint density at radius 3 is 2.32 bits per heavy atom. The maximum Gasteiger partial charge on any atom is 0.265 e. The summed E-state index contributed by atoms with van der Waals surface area (Å²) in [4.78, 5) is 12.6. The van der Waals surface area contributed by atoms with E-state index in [4.69, 9.17) is 9.47 Å². The molecule has 0 aliphatic carbocycles. The highest BCUT2D eigenvalue weighted by Crippen LogP contribution is 2.28. The number of anilines is 1. The minimum Gasteiger partial charge on any atom is -0.495 e. The number of para-hydroxylation sites is 1. The van der Waals surface area contributed by atoms with Gasteiger partial charge >= 0.3 is 0 Å². The molecule has 0 radical (unpaired) electrons. The number of aryl methyl sites for hydroxylation is 1. The van der Waals surface area contributed by atoms with E-state index in [2.05, 4.69) is 10.0 Å². The van der Waals surface area contributed by atoms with Gasteiger partial charge in [0.2, 0.25) is 10.0 Å². The molecule has 152 valence electrons. The van der Waals surface area contributed by atoms with E-state index in [0.717, 1.165) is 5.56 Å². The summed E-state index contributed by atoms with van der Waals surface area (Å²) in [5.41, 5.74) is 1.16. The van der Waals surface area contributed by atoms with E-state index in [1.54, 1.807) is 26.8 Å². The van der Waals surface area contributed by atoms with Gasteiger partial charge in [0.15, 0.2) is 6.10 Å². The molecule has 1 atom stereocenters. The van der Waals surface area contributed by atoms with E-state index >= 15 is 0 Å². The van der Waals surface area contributed by atoms with Crippen molar-refractivity contribution in [2.75, 3.05) is 12.4 Å². The van der Waals surface area contributed by atoms with E-state index in [1.807, 2.05) is 25.1 Å². The lowest BCUT2D eigenvalue weighted by molar-refractivity contribution is -0.122. The minimum atomic E-state index is -3.71. The molecule has 1 amide bonds. The number of hydrogen-bond acceptors (Lipinski definition) is 5. The quantitative estimate of drug-likeness (QED) is 0.703. The lowest BCUT2D eigenvalue weighted by atomic mass is 10.2. The second kappa shape index (κ2) is 9.07. The molecule has 8 heteroatoms. The van der Waals surface area contributed by atoms with Crippen molar-refractivity contribution in [1.82, 2.24) is 4.72 Å². The molecule has 0 spiro atoms. The average molecular weight is 407 g/mol. The van der Waals surface area contributed by atoms with Crippen molar-refractivity contribution in [3.05, 3.63) is 48.0 Å². The van der Waals surface area contributed by atoms with Crippen LogP contribution in [0, 0.1) is 6.92 Å². The topological polar surface area (TPSA) is 93.7 Å². The second-order valence-electron chi connectivity index (χ2n) is 6.65. The predicted octanol–water partition coefficient (Wildman–Crippen LogP) is 3.10. The van der Waals surface area contributed by atoms with Crippen molar-refractivity contribution >= 4 is 21.6 Å². The summed E-state index contributed by atoms with van der Waals surface area (Å²) in [7, 11) is -2.26. The number of amides is 1. The fourth-order valence-electron chi connectivity index (χ4n) is 2.50. The SMILES string of the molecule is COc1ccc(S(=O)(=O)NC(C)C)cc1NC(=O)C(C)Oc1ccccc1C. The van der Waals surface area contributed by atoms with Gasteiger partial charge in [-0.05, 0) is 57.5 Å². The van der Waals surface area contributed by atoms with Crippen LogP contribution >= 0.6 is 0 Å². The Labute approximate surface area is 166 Å². The molecule has 0 saturated heterocycles. The number of nitrogens with one attached hydrogen (secondary N) is 2. The van der Waals surface area contributed by atoms with E-state index < -0.39 is 22.0 Å². The van der Waals surface area contributed by atoms with Crippen molar-refractivity contribution in [3.8, 4) is 11.5 Å². The number of benzene rings is 2. The van der Waals surface area contributed by atoms with Gasteiger partial charge in [0.25, 0.3) is 5.91 Å². The van der Waals surface area contributed by atoms with Crippen molar-refractivity contribution in [1.29, 1.82) is 0 Å². The Kier molecular flexibility index (Phi) is 7.04. The molecular weight excluding hydrogens is 380 g/mol. The zero-order valence-electron chi connectivity index (χ0n) is 16.6. The molecule has 2 aromatic carbocycles. The number of methoxy groups -OCH3 is 1. The number of rotatable bonds is 8. The highest BCUT2D eigenvalue weighted by atomic mass is 32.2. The summed E-state index contributed by atoms with van der Waals surface area (Å²) < 4.78 is 38.3. The number of sulfonamides is 1. The van der Waals surface area contributed by atoms with E-state index in [9.17, 15) is 13.2 Å². The Bertz CT molecular complexity index is 941. The van der Waals surface area contributed by atoms with Crippen LogP contribution in [0.4, 0.5) is 5.69 Å². The summed E-state index contributed by atoms with van der Waals surface area (Å²) in [6.07, 6.45) is -0.792. The fraction of sp³-hybridized carbons (Fsp3) is 0.350. The van der Waals surface area contributed by atoms with E-state index in [-0.39, 0.29) is 16.6 Å². The standard InChI is InChI=1S/C20H26N2O5S/c1-13(2)22-28(24,25)16-10-11-19(26-5)17(12-16)21-20(23)15(4)27-18-9-7-6-8-14(18)3/h6-13,15,22H,1-5H3,(H,21,23). The van der Waals surface area contributed by atoms with Gasteiger partial charge in [-0.25, -0.2) is 13.1 Å². The smallest absolute Gasteiger partial charge is 0.265 e. The lowest BCUT2D eigenvalue weighted by Gasteiger charge is -2.18. The number of ether oxygens (including phenoxy) is 2. The molecule has 0 bridgehead atoms. The van der Waals surface area contributed by atoms with E-state index in [0.29, 0.717) is 11.5 Å². The van der Waals surface area contributed by atoms with Crippen molar-refractivity contribution in [2.24, 2.45) is 0 Å². The van der Waals surface area contributed by atoms with Crippen molar-refractivity contribution < 1.29 is 22.7 Å². The zero-order chi connectivity index (χ0) is 20.9. The average Bonchev–Trinajstić information content (AvgIpc) is 2.62. The zero-order valence-corrected chi connectivity index (χ0v) is 17.5. The maximum absolute atomic E-state index is 12.6. The molecule has 0 aliphatic heterocycles. The van der Waals surface area contributed by atoms with Crippen LogP contribution in [0.2, 0.25) is 0 Å². The van der Waals surface area contributed by atoms with Gasteiger partial charge in [0, 0.05) is 6.04 Å². The predicted molar refractivity (Wildman–Crippen MR) is 108 cm³/mol. The molecule has 2 rings (SSSR count). The molecule has 0 heterocycles. The first-order valence-electron chi connectivity index (χ1n) is 8.87. The fourth-order valence-corrected chi connectivity index (χ4v) is 3.77. The third-order valence-electron chi connectivity index (χ3n) is 3.90. The van der Waals surface area contributed by atoms with E-state index in [1.165, 1.54) is 25.3 Å². The van der Waals surface area contributed by atoms with Crippen LogP contribution < -0.4 is 19.5 Å². The van der Waals surface area contributed by atoms with Gasteiger partial charge in [-0.1, -0.05) is 18.2 Å². The number of carbonyl (C=O) groups excluding carboxylic acids is 1.